The molecule has 4 N–H and O–H groups in total. The summed E-state index contributed by atoms with van der Waals surface area (Å²) in [6.07, 6.45) is -2.69. The second kappa shape index (κ2) is 15.5. The van der Waals surface area contributed by atoms with Gasteiger partial charge in [0.05, 0.1) is 24.5 Å². The maximum absolute atomic E-state index is 16.0. The molecule has 0 spiro atoms. The lowest BCUT2D eigenvalue weighted by molar-refractivity contribution is -0.137. The van der Waals surface area contributed by atoms with E-state index in [2.05, 4.69) is 30.5 Å². The van der Waals surface area contributed by atoms with Gasteiger partial charge in [-0.15, -0.1) is 0 Å². The Bertz CT molecular complexity index is 1620. The van der Waals surface area contributed by atoms with Crippen LogP contribution in [-0.4, -0.2) is 77.3 Å². The van der Waals surface area contributed by atoms with Crippen molar-refractivity contribution in [3.63, 3.8) is 0 Å². The molecule has 3 atom stereocenters. The van der Waals surface area contributed by atoms with E-state index in [1.54, 1.807) is 6.92 Å². The summed E-state index contributed by atoms with van der Waals surface area (Å²) in [5.74, 6) is -4.84. The Balaban J connectivity index is 0.000000347. The number of hydrogen-bond acceptors (Lipinski definition) is 9. The minimum absolute atomic E-state index is 0.0374. The fraction of sp³-hybridized carbons (Fsp3) is 0.606. The molecule has 272 valence electrons. The van der Waals surface area contributed by atoms with Crippen molar-refractivity contribution in [1.29, 1.82) is 0 Å². The second-order valence-corrected chi connectivity index (χ2v) is 12.3. The molecule has 0 bridgehead atoms. The Morgan fingerprint density at radius 2 is 1.78 bits per heavy atom. The highest BCUT2D eigenvalue weighted by Gasteiger charge is 2.42. The highest BCUT2D eigenvalue weighted by molar-refractivity contribution is 5.96. The first kappa shape index (κ1) is 38.1. The first-order valence-corrected chi connectivity index (χ1v) is 16.5. The van der Waals surface area contributed by atoms with Crippen LogP contribution in [0, 0.1) is 18.6 Å². The Hall–Kier alpha value is -3.66. The number of fused-ring (bicyclic) bond motifs is 1. The average molecular weight is 704 g/mol. The van der Waals surface area contributed by atoms with Crippen LogP contribution in [-0.2, 0) is 6.18 Å². The van der Waals surface area contributed by atoms with Crippen LogP contribution in [0.25, 0.3) is 22.2 Å². The number of nitrogens with zero attached hydrogens (tertiary/aromatic N) is 4. The number of piperidine rings is 1. The lowest BCUT2D eigenvalue weighted by atomic mass is 9.96. The monoisotopic (exact) mass is 703 g/mol. The van der Waals surface area contributed by atoms with E-state index in [1.165, 1.54) is 7.11 Å². The van der Waals surface area contributed by atoms with Crippen molar-refractivity contribution in [3.05, 3.63) is 28.8 Å². The van der Waals surface area contributed by atoms with E-state index >= 15 is 4.39 Å². The molecule has 2 saturated heterocycles. The third-order valence-corrected chi connectivity index (χ3v) is 8.69. The van der Waals surface area contributed by atoms with Crippen LogP contribution in [0.3, 0.4) is 0 Å². The van der Waals surface area contributed by atoms with E-state index in [9.17, 15) is 26.3 Å². The largest absolute Gasteiger partial charge is 0.474 e. The van der Waals surface area contributed by atoms with Gasteiger partial charge in [-0.25, -0.2) is 22.5 Å². The van der Waals surface area contributed by atoms with E-state index in [-0.39, 0.29) is 53.5 Å². The number of benzene rings is 1. The van der Waals surface area contributed by atoms with Gasteiger partial charge in [0.1, 0.15) is 28.2 Å². The third-order valence-electron chi connectivity index (χ3n) is 8.69. The fourth-order valence-electron chi connectivity index (χ4n) is 6.47. The Morgan fingerprint density at radius 3 is 2.45 bits per heavy atom. The summed E-state index contributed by atoms with van der Waals surface area (Å²) >= 11 is 0. The summed E-state index contributed by atoms with van der Waals surface area (Å²) in [5.41, 5.74) is 1.04. The molecule has 0 saturated carbocycles. The van der Waals surface area contributed by atoms with Crippen molar-refractivity contribution in [1.82, 2.24) is 25.2 Å². The van der Waals surface area contributed by atoms with Gasteiger partial charge >= 0.3 is 12.2 Å². The van der Waals surface area contributed by atoms with Gasteiger partial charge in [0.2, 0.25) is 5.88 Å². The summed E-state index contributed by atoms with van der Waals surface area (Å²) in [5, 5.41) is 6.40. The molecular formula is C33H44F7N7O2. The summed E-state index contributed by atoms with van der Waals surface area (Å²) in [7, 11) is 1.27. The molecule has 1 aromatic carbocycles. The summed E-state index contributed by atoms with van der Waals surface area (Å²) in [4.78, 5) is 14.7. The van der Waals surface area contributed by atoms with E-state index in [1.807, 2.05) is 20.8 Å². The van der Waals surface area contributed by atoms with Crippen molar-refractivity contribution >= 4 is 22.4 Å². The minimum Gasteiger partial charge on any atom is -0.474 e. The molecule has 9 nitrogen and oxygen atoms in total. The third kappa shape index (κ3) is 8.56. The summed E-state index contributed by atoms with van der Waals surface area (Å²) < 4.78 is 109. The molecule has 6 rings (SSSR count). The number of rotatable bonds is 2. The molecule has 3 aliphatic rings. The molecule has 49 heavy (non-hydrogen) atoms. The smallest absolute Gasteiger partial charge is 0.417 e. The van der Waals surface area contributed by atoms with Gasteiger partial charge in [-0.2, -0.15) is 23.1 Å². The van der Waals surface area contributed by atoms with Crippen molar-refractivity contribution in [3.8, 4) is 23.1 Å². The van der Waals surface area contributed by atoms with Gasteiger partial charge in [0.25, 0.3) is 5.92 Å². The molecule has 5 heterocycles. The van der Waals surface area contributed by atoms with Gasteiger partial charge in [-0.3, -0.25) is 4.90 Å². The van der Waals surface area contributed by atoms with E-state index in [0.717, 1.165) is 26.3 Å². The van der Waals surface area contributed by atoms with Gasteiger partial charge in [-0.05, 0) is 58.2 Å². The molecule has 3 unspecified atom stereocenters. The number of nitrogens with two attached hydrogens (primary N) is 1. The van der Waals surface area contributed by atoms with Crippen LogP contribution in [0.15, 0.2) is 6.07 Å². The molecule has 16 heteroatoms. The zero-order valence-electron chi connectivity index (χ0n) is 28.5. The molecule has 0 radical (unpaired) electrons. The quantitative estimate of drug-likeness (QED) is 0.186. The molecular weight excluding hydrogens is 659 g/mol. The predicted molar refractivity (Wildman–Crippen MR) is 174 cm³/mol. The number of methoxy groups -OCH3 is 1. The highest BCUT2D eigenvalue weighted by Crippen LogP contribution is 2.45. The van der Waals surface area contributed by atoms with Crippen molar-refractivity contribution in [2.45, 2.75) is 97.0 Å². The first-order chi connectivity index (χ1) is 23.1. The van der Waals surface area contributed by atoms with Crippen LogP contribution in [0.4, 0.5) is 42.2 Å². The Labute approximate surface area is 281 Å². The first-order valence-electron chi connectivity index (χ1n) is 16.5. The van der Waals surface area contributed by atoms with E-state index in [4.69, 9.17) is 15.2 Å². The lowest BCUT2D eigenvalue weighted by Gasteiger charge is -2.34. The Kier molecular flexibility index (Phi) is 12.1. The Morgan fingerprint density at radius 1 is 1.06 bits per heavy atom. The number of aromatic nitrogens is 3. The molecule has 2 fully saturated rings. The van der Waals surface area contributed by atoms with Crippen molar-refractivity contribution in [2.75, 3.05) is 44.3 Å². The van der Waals surface area contributed by atoms with E-state index in [0.29, 0.717) is 32.1 Å². The maximum Gasteiger partial charge on any atom is 0.417 e. The normalized spacial score (nSPS) is 22.3. The number of ether oxygens (including phenoxy) is 2. The van der Waals surface area contributed by atoms with Crippen molar-refractivity contribution < 1.29 is 40.2 Å². The standard InChI is InChI=1S/C23H25F5N6O2.C8H13F2N.C2H6/c1-9-7-10(2)36-21-14-19(33-22(35-4)34-20(14)31-6-5-30-9)17(25)18(32-21)12-8-13(29)16(24)11(3)15(12)23(26,27)28;9-8(10)3-5-11-4-1-2-7(11)6-8;1-2/h8-10,30H,5-7,29H2,1-4H3,(H,31,33,34);7H,1-6H2;1-2H3. The van der Waals surface area contributed by atoms with Crippen LogP contribution in [0.1, 0.15) is 70.9 Å². The zero-order valence-corrected chi connectivity index (χ0v) is 28.5. The molecule has 0 aliphatic carbocycles. The SMILES string of the molecule is CC.COc1nc2c3c(nc(-c4cc(N)c(F)c(C)c4C(F)(F)F)c(F)c3n1)OC(C)CC(C)NCCN2.FC1(F)CCN2CCCC2C1. The maximum atomic E-state index is 16.0. The van der Waals surface area contributed by atoms with Crippen LogP contribution in [0.5, 0.6) is 11.9 Å². The van der Waals surface area contributed by atoms with Gasteiger partial charge < -0.3 is 25.8 Å². The number of anilines is 2. The number of nitrogens with one attached hydrogen (secondary N) is 2. The summed E-state index contributed by atoms with van der Waals surface area (Å²) in [6, 6.07) is 0.726. The number of halogens is 7. The van der Waals surface area contributed by atoms with E-state index < -0.39 is 57.9 Å². The zero-order chi connectivity index (χ0) is 36.3. The van der Waals surface area contributed by atoms with Gasteiger partial charge in [-0.1, -0.05) is 13.8 Å². The van der Waals surface area contributed by atoms with Gasteiger partial charge in [0, 0.05) is 50.1 Å². The molecule has 3 aliphatic heterocycles. The fourth-order valence-corrected chi connectivity index (χ4v) is 6.47. The number of nitrogen functional groups attached to an aromatic ring is 1. The van der Waals surface area contributed by atoms with Gasteiger partial charge in [0.15, 0.2) is 5.82 Å². The van der Waals surface area contributed by atoms with Crippen LogP contribution < -0.4 is 25.8 Å². The molecule has 0 amide bonds. The van der Waals surface area contributed by atoms with Crippen LogP contribution in [0.2, 0.25) is 0 Å². The van der Waals surface area contributed by atoms with Crippen molar-refractivity contribution in [2.24, 2.45) is 0 Å². The minimum atomic E-state index is -5.03. The summed E-state index contributed by atoms with van der Waals surface area (Å²) in [6.45, 7) is 11.2. The number of pyridine rings is 1. The number of alkyl halides is 5. The molecule has 2 aromatic heterocycles. The number of hydrogen-bond donors (Lipinski definition) is 3. The topological polar surface area (TPSA) is 110 Å². The average Bonchev–Trinajstić information content (AvgIpc) is 3.49. The second-order valence-electron chi connectivity index (χ2n) is 12.3. The predicted octanol–water partition coefficient (Wildman–Crippen LogP) is 7.36. The molecule has 3 aromatic rings. The van der Waals surface area contributed by atoms with Crippen LogP contribution >= 0.6 is 0 Å². The highest BCUT2D eigenvalue weighted by atomic mass is 19.4. The lowest BCUT2D eigenvalue weighted by Crippen LogP contribution is -2.43.